The third-order valence-corrected chi connectivity index (χ3v) is 2.84. The summed E-state index contributed by atoms with van der Waals surface area (Å²) >= 11 is 3.17. The van der Waals surface area contributed by atoms with Crippen molar-refractivity contribution >= 4 is 21.7 Å². The summed E-state index contributed by atoms with van der Waals surface area (Å²) in [6, 6.07) is 3.77. The molecule has 0 radical (unpaired) electrons. The number of rotatable bonds is 3. The van der Waals surface area contributed by atoms with Crippen LogP contribution in [-0.4, -0.2) is 21.6 Å². The third-order valence-electron chi connectivity index (χ3n) is 2.29. The highest BCUT2D eigenvalue weighted by atomic mass is 79.9. The van der Waals surface area contributed by atoms with Gasteiger partial charge in [-0.25, -0.2) is 9.97 Å². The molecule has 0 atom stereocenters. The number of nitrogens with one attached hydrogen (secondary N) is 1. The van der Waals surface area contributed by atoms with Crippen molar-refractivity contribution in [1.29, 1.82) is 0 Å². The summed E-state index contributed by atoms with van der Waals surface area (Å²) in [5.41, 5.74) is 0.897. The van der Waals surface area contributed by atoms with Crippen LogP contribution in [0.15, 0.2) is 40.1 Å². The van der Waals surface area contributed by atoms with Crippen molar-refractivity contribution < 1.29 is 0 Å². The Morgan fingerprint density at radius 3 is 3.12 bits per heavy atom. The van der Waals surface area contributed by atoms with Crippen LogP contribution in [0.2, 0.25) is 0 Å². The van der Waals surface area contributed by atoms with Gasteiger partial charge in [0.2, 0.25) is 0 Å². The Hall–Kier alpha value is -1.69. The van der Waals surface area contributed by atoms with Crippen LogP contribution >= 0.6 is 15.9 Å². The van der Waals surface area contributed by atoms with Crippen molar-refractivity contribution in [3.63, 3.8) is 0 Å². The molecule has 5 nitrogen and oxygen atoms in total. The van der Waals surface area contributed by atoms with E-state index in [0.717, 1.165) is 11.4 Å². The molecule has 2 heterocycles. The van der Waals surface area contributed by atoms with Gasteiger partial charge in [-0.15, -0.1) is 0 Å². The van der Waals surface area contributed by atoms with Gasteiger partial charge in [-0.05, 0) is 33.6 Å². The van der Waals surface area contributed by atoms with Gasteiger partial charge < -0.3 is 5.32 Å². The average molecular weight is 295 g/mol. The lowest BCUT2D eigenvalue weighted by atomic mass is 10.2. The molecule has 2 aromatic heterocycles. The molecule has 2 rings (SSSR count). The van der Waals surface area contributed by atoms with E-state index < -0.39 is 0 Å². The molecule has 2 aromatic rings. The van der Waals surface area contributed by atoms with Crippen molar-refractivity contribution in [2.45, 2.75) is 6.54 Å². The Kier molecular flexibility index (Phi) is 3.53. The SMILES string of the molecule is CNc1cc(Cn2cncc(Br)c2=O)ccn1. The predicted octanol–water partition coefficient (Wildman–Crippen LogP) is 1.49. The molecule has 0 saturated carbocycles. The maximum atomic E-state index is 11.8. The van der Waals surface area contributed by atoms with Gasteiger partial charge in [0.25, 0.3) is 5.56 Å². The number of halogens is 1. The topological polar surface area (TPSA) is 59.8 Å². The van der Waals surface area contributed by atoms with E-state index >= 15 is 0 Å². The first-order chi connectivity index (χ1) is 8.20. The summed E-state index contributed by atoms with van der Waals surface area (Å²) in [6.45, 7) is 0.475. The summed E-state index contributed by atoms with van der Waals surface area (Å²) < 4.78 is 2.00. The van der Waals surface area contributed by atoms with Gasteiger partial charge in [-0.2, -0.15) is 0 Å². The minimum absolute atomic E-state index is 0.0946. The Balaban J connectivity index is 2.31. The third kappa shape index (κ3) is 2.71. The van der Waals surface area contributed by atoms with Gasteiger partial charge in [0.05, 0.1) is 12.9 Å². The zero-order chi connectivity index (χ0) is 12.3. The van der Waals surface area contributed by atoms with Gasteiger partial charge >= 0.3 is 0 Å². The lowest BCUT2D eigenvalue weighted by molar-refractivity contribution is 0.730. The predicted molar refractivity (Wildman–Crippen MR) is 69.1 cm³/mol. The van der Waals surface area contributed by atoms with E-state index in [2.05, 4.69) is 31.2 Å². The highest BCUT2D eigenvalue weighted by Crippen LogP contribution is 2.07. The molecule has 17 heavy (non-hydrogen) atoms. The number of hydrogen-bond donors (Lipinski definition) is 1. The van der Waals surface area contributed by atoms with Crippen LogP contribution in [0, 0.1) is 0 Å². The number of nitrogens with zero attached hydrogens (tertiary/aromatic N) is 3. The lowest BCUT2D eigenvalue weighted by Gasteiger charge is -2.06. The monoisotopic (exact) mass is 294 g/mol. The van der Waals surface area contributed by atoms with Crippen molar-refractivity contribution in [2.75, 3.05) is 12.4 Å². The fourth-order valence-corrected chi connectivity index (χ4v) is 1.79. The van der Waals surface area contributed by atoms with Crippen LogP contribution in [0.4, 0.5) is 5.82 Å². The minimum atomic E-state index is -0.0946. The van der Waals surface area contributed by atoms with E-state index in [4.69, 9.17) is 0 Å². The van der Waals surface area contributed by atoms with Crippen molar-refractivity contribution in [3.05, 3.63) is 51.2 Å². The molecule has 88 valence electrons. The second kappa shape index (κ2) is 5.09. The molecule has 0 aromatic carbocycles. The molecule has 0 bridgehead atoms. The first kappa shape index (κ1) is 11.8. The molecule has 0 fully saturated rings. The Morgan fingerprint density at radius 1 is 1.53 bits per heavy atom. The fraction of sp³-hybridized carbons (Fsp3) is 0.182. The molecule has 0 unspecified atom stereocenters. The molecular formula is C11H11BrN4O. The molecule has 0 amide bonds. The molecular weight excluding hydrogens is 284 g/mol. The largest absolute Gasteiger partial charge is 0.373 e. The number of pyridine rings is 1. The van der Waals surface area contributed by atoms with Gasteiger partial charge in [0, 0.05) is 19.4 Å². The van der Waals surface area contributed by atoms with Crippen molar-refractivity contribution in [2.24, 2.45) is 0 Å². The second-order valence-corrected chi connectivity index (χ2v) is 4.33. The van der Waals surface area contributed by atoms with Crippen LogP contribution in [-0.2, 0) is 6.54 Å². The number of anilines is 1. The highest BCUT2D eigenvalue weighted by Gasteiger charge is 2.02. The summed E-state index contributed by atoms with van der Waals surface area (Å²) in [6.07, 6.45) is 4.72. The normalized spacial score (nSPS) is 10.2. The van der Waals surface area contributed by atoms with Gasteiger partial charge in [0.15, 0.2) is 0 Å². The quantitative estimate of drug-likeness (QED) is 0.932. The first-order valence-corrected chi connectivity index (χ1v) is 5.82. The maximum Gasteiger partial charge on any atom is 0.267 e. The highest BCUT2D eigenvalue weighted by molar-refractivity contribution is 9.10. The van der Waals surface area contributed by atoms with Crippen molar-refractivity contribution in [1.82, 2.24) is 14.5 Å². The zero-order valence-corrected chi connectivity index (χ0v) is 10.8. The Morgan fingerprint density at radius 2 is 2.35 bits per heavy atom. The summed E-state index contributed by atoms with van der Waals surface area (Å²) in [5, 5.41) is 2.96. The average Bonchev–Trinajstić information content (AvgIpc) is 2.35. The molecule has 6 heteroatoms. The van der Waals surface area contributed by atoms with Gasteiger partial charge in [-0.3, -0.25) is 9.36 Å². The first-order valence-electron chi connectivity index (χ1n) is 5.03. The second-order valence-electron chi connectivity index (χ2n) is 3.47. The molecule has 1 N–H and O–H groups in total. The van der Waals surface area contributed by atoms with Gasteiger partial charge in [-0.1, -0.05) is 0 Å². The van der Waals surface area contributed by atoms with Gasteiger partial charge in [0.1, 0.15) is 10.3 Å². The molecule has 0 aliphatic carbocycles. The summed E-state index contributed by atoms with van der Waals surface area (Å²) in [7, 11) is 1.80. The molecule has 0 aliphatic heterocycles. The number of hydrogen-bond acceptors (Lipinski definition) is 4. The summed E-state index contributed by atoms with van der Waals surface area (Å²) in [5.74, 6) is 0.776. The van der Waals surface area contributed by atoms with Crippen LogP contribution < -0.4 is 10.9 Å². The smallest absolute Gasteiger partial charge is 0.267 e. The van der Waals surface area contributed by atoms with Crippen LogP contribution in [0.1, 0.15) is 5.56 Å². The molecule has 0 spiro atoms. The van der Waals surface area contributed by atoms with E-state index in [1.165, 1.54) is 12.5 Å². The van der Waals surface area contributed by atoms with Crippen LogP contribution in [0.25, 0.3) is 0 Å². The Bertz CT molecular complexity index is 582. The van der Waals surface area contributed by atoms with E-state index in [-0.39, 0.29) is 5.56 Å². The van der Waals surface area contributed by atoms with E-state index in [9.17, 15) is 4.79 Å². The van der Waals surface area contributed by atoms with Crippen molar-refractivity contribution in [3.8, 4) is 0 Å². The molecule has 0 aliphatic rings. The van der Waals surface area contributed by atoms with Crippen LogP contribution in [0.3, 0.4) is 0 Å². The molecule has 0 saturated heterocycles. The van der Waals surface area contributed by atoms with Crippen LogP contribution in [0.5, 0.6) is 0 Å². The maximum absolute atomic E-state index is 11.8. The van der Waals surface area contributed by atoms with E-state index in [1.54, 1.807) is 17.8 Å². The Labute approximate surface area is 107 Å². The van der Waals surface area contributed by atoms with E-state index in [0.29, 0.717) is 11.0 Å². The van der Waals surface area contributed by atoms with E-state index in [1.807, 2.05) is 12.1 Å². The standard InChI is InChI=1S/C11H11BrN4O/c1-13-10-4-8(2-3-15-10)6-16-7-14-5-9(12)11(16)17/h2-5,7H,6H2,1H3,(H,13,15). The number of aromatic nitrogens is 3. The lowest BCUT2D eigenvalue weighted by Crippen LogP contribution is -2.21. The summed E-state index contributed by atoms with van der Waals surface area (Å²) in [4.78, 5) is 19.9. The fourth-order valence-electron chi connectivity index (χ4n) is 1.44. The minimum Gasteiger partial charge on any atom is -0.373 e. The zero-order valence-electron chi connectivity index (χ0n) is 9.22.